The average molecular weight is 280 g/mol. The quantitative estimate of drug-likeness (QED) is 0.719. The molecule has 0 spiro atoms. The minimum atomic E-state index is -1.11. The Morgan fingerprint density at radius 2 is 2.20 bits per heavy atom. The fourth-order valence-electron chi connectivity index (χ4n) is 2.66. The van der Waals surface area contributed by atoms with Crippen LogP contribution in [0.1, 0.15) is 43.7 Å². The third kappa shape index (κ3) is 3.36. The lowest BCUT2D eigenvalue weighted by atomic mass is 9.94. The van der Waals surface area contributed by atoms with E-state index in [1.54, 1.807) is 13.2 Å². The van der Waals surface area contributed by atoms with Crippen LogP contribution in [0.25, 0.3) is 0 Å². The number of nitrogens with one attached hydrogen (secondary N) is 1. The minimum absolute atomic E-state index is 0.164. The van der Waals surface area contributed by atoms with Crippen LogP contribution in [0.2, 0.25) is 0 Å². The molecule has 1 aromatic heterocycles. The molecule has 0 aliphatic heterocycles. The van der Waals surface area contributed by atoms with Gasteiger partial charge in [-0.25, -0.2) is 4.79 Å². The summed E-state index contributed by atoms with van der Waals surface area (Å²) in [6.07, 6.45) is 6.84. The van der Waals surface area contributed by atoms with E-state index in [0.29, 0.717) is 5.56 Å². The van der Waals surface area contributed by atoms with Crippen LogP contribution in [0.15, 0.2) is 12.4 Å². The first kappa shape index (κ1) is 14.5. The molecule has 7 heteroatoms. The maximum atomic E-state index is 12.0. The van der Waals surface area contributed by atoms with E-state index in [1.165, 1.54) is 10.9 Å². The van der Waals surface area contributed by atoms with Crippen molar-refractivity contribution in [1.82, 2.24) is 15.1 Å². The first-order valence-corrected chi connectivity index (χ1v) is 6.69. The minimum Gasteiger partial charge on any atom is -0.479 e. The normalized spacial score (nSPS) is 18.7. The first-order valence-electron chi connectivity index (χ1n) is 6.69. The number of carbonyl (C=O) groups is 2. The van der Waals surface area contributed by atoms with Gasteiger partial charge in [-0.2, -0.15) is 5.10 Å². The molecule has 0 bridgehead atoms. The maximum Gasteiger partial charge on any atom is 0.331 e. The Labute approximate surface area is 117 Å². The van der Waals surface area contributed by atoms with Gasteiger partial charge < -0.3 is 16.2 Å². The van der Waals surface area contributed by atoms with Gasteiger partial charge in [-0.3, -0.25) is 9.48 Å². The highest BCUT2D eigenvalue weighted by Gasteiger charge is 2.33. The lowest BCUT2D eigenvalue weighted by Gasteiger charge is -2.23. The van der Waals surface area contributed by atoms with Gasteiger partial charge in [0.25, 0.3) is 0 Å². The molecule has 1 aromatic rings. The number of nitrogens with two attached hydrogens (primary N) is 1. The number of carbonyl (C=O) groups excluding carboxylic acids is 1. The van der Waals surface area contributed by atoms with E-state index in [9.17, 15) is 14.7 Å². The zero-order valence-corrected chi connectivity index (χ0v) is 11.5. The summed E-state index contributed by atoms with van der Waals surface area (Å²) in [7, 11) is 1.69. The Bertz CT molecular complexity index is 505. The maximum absolute atomic E-state index is 12.0. The summed E-state index contributed by atoms with van der Waals surface area (Å²) >= 11 is 0. The van der Waals surface area contributed by atoms with Crippen LogP contribution < -0.4 is 11.1 Å². The van der Waals surface area contributed by atoms with Gasteiger partial charge in [0.05, 0.1) is 6.20 Å². The predicted molar refractivity (Wildman–Crippen MR) is 71.7 cm³/mol. The number of aliphatic carboxylic acids is 1. The highest BCUT2D eigenvalue weighted by Crippen LogP contribution is 2.30. The number of aromatic nitrogens is 2. The second kappa shape index (κ2) is 5.62. The van der Waals surface area contributed by atoms with Crippen LogP contribution in [0.3, 0.4) is 0 Å². The van der Waals surface area contributed by atoms with Crippen molar-refractivity contribution in [3.05, 3.63) is 18.0 Å². The van der Waals surface area contributed by atoms with Crippen molar-refractivity contribution >= 4 is 11.9 Å². The van der Waals surface area contributed by atoms with Crippen molar-refractivity contribution < 1.29 is 14.7 Å². The topological polar surface area (TPSA) is 110 Å². The largest absolute Gasteiger partial charge is 0.479 e. The Hall–Kier alpha value is -1.89. The smallest absolute Gasteiger partial charge is 0.331 e. The summed E-state index contributed by atoms with van der Waals surface area (Å²) in [4.78, 5) is 23.3. The monoisotopic (exact) mass is 280 g/mol. The lowest BCUT2D eigenvalue weighted by Crippen LogP contribution is -2.44. The molecule has 1 atom stereocenters. The molecule has 0 saturated heterocycles. The fourth-order valence-corrected chi connectivity index (χ4v) is 2.66. The van der Waals surface area contributed by atoms with Crippen molar-refractivity contribution in [3.63, 3.8) is 0 Å². The number of aryl methyl sites for hydroxylation is 1. The van der Waals surface area contributed by atoms with Gasteiger partial charge in [-0.05, 0) is 12.8 Å². The number of hydrogen-bond donors (Lipinski definition) is 3. The third-order valence-electron chi connectivity index (χ3n) is 3.72. The molecule has 1 heterocycles. The second-order valence-electron chi connectivity index (χ2n) is 5.53. The van der Waals surface area contributed by atoms with Gasteiger partial charge in [-0.1, -0.05) is 12.8 Å². The van der Waals surface area contributed by atoms with E-state index in [2.05, 4.69) is 10.4 Å². The number of carboxylic acid groups (broad SMARTS) is 1. The first-order chi connectivity index (χ1) is 9.39. The molecule has 7 nitrogen and oxygen atoms in total. The summed E-state index contributed by atoms with van der Waals surface area (Å²) in [5, 5.41) is 15.7. The molecular weight excluding hydrogens is 260 g/mol. The number of rotatable bonds is 5. The Kier molecular flexibility index (Phi) is 4.08. The molecule has 1 unspecified atom stereocenters. The van der Waals surface area contributed by atoms with Crippen molar-refractivity contribution in [2.24, 2.45) is 12.8 Å². The zero-order valence-electron chi connectivity index (χ0n) is 11.5. The van der Waals surface area contributed by atoms with Gasteiger partial charge in [0, 0.05) is 30.8 Å². The molecular formula is C13H20N4O3. The summed E-state index contributed by atoms with van der Waals surface area (Å²) < 4.78 is 1.50. The summed E-state index contributed by atoms with van der Waals surface area (Å²) in [5.74, 6) is -1.44. The molecule has 4 N–H and O–H groups in total. The van der Waals surface area contributed by atoms with Gasteiger partial charge in [0.2, 0.25) is 5.91 Å². The number of hydrogen-bond acceptors (Lipinski definition) is 4. The number of nitrogens with zero attached hydrogens (tertiary/aromatic N) is 2. The lowest BCUT2D eigenvalue weighted by molar-refractivity contribution is -0.142. The molecule has 1 aliphatic carbocycles. The number of carboxylic acids is 1. The van der Waals surface area contributed by atoms with E-state index >= 15 is 0 Å². The van der Waals surface area contributed by atoms with E-state index in [4.69, 9.17) is 5.73 Å². The highest BCUT2D eigenvalue weighted by molar-refractivity contribution is 5.85. The van der Waals surface area contributed by atoms with E-state index in [-0.39, 0.29) is 12.3 Å². The van der Waals surface area contributed by atoms with Crippen molar-refractivity contribution in [2.45, 2.75) is 43.7 Å². The van der Waals surface area contributed by atoms with Crippen molar-refractivity contribution in [3.8, 4) is 0 Å². The average Bonchev–Trinajstić information content (AvgIpc) is 2.95. The fraction of sp³-hybridized carbons (Fsp3) is 0.615. The third-order valence-corrected chi connectivity index (χ3v) is 3.72. The molecule has 0 aromatic carbocycles. The Balaban J connectivity index is 2.01. The van der Waals surface area contributed by atoms with Gasteiger partial charge in [0.15, 0.2) is 6.04 Å². The van der Waals surface area contributed by atoms with Crippen LogP contribution in [-0.4, -0.2) is 32.3 Å². The molecule has 1 saturated carbocycles. The van der Waals surface area contributed by atoms with Crippen LogP contribution >= 0.6 is 0 Å². The molecule has 110 valence electrons. The summed E-state index contributed by atoms with van der Waals surface area (Å²) in [6.45, 7) is 0. The zero-order chi connectivity index (χ0) is 14.8. The molecule has 1 amide bonds. The predicted octanol–water partition coefficient (Wildman–Crippen LogP) is 0.324. The highest BCUT2D eigenvalue weighted by atomic mass is 16.4. The Morgan fingerprint density at radius 1 is 1.55 bits per heavy atom. The van der Waals surface area contributed by atoms with Crippen molar-refractivity contribution in [1.29, 1.82) is 0 Å². The summed E-state index contributed by atoms with van der Waals surface area (Å²) in [6, 6.07) is -1.08. The molecule has 1 fully saturated rings. The van der Waals surface area contributed by atoms with Crippen LogP contribution in [0, 0.1) is 0 Å². The van der Waals surface area contributed by atoms with E-state index < -0.39 is 17.6 Å². The van der Waals surface area contributed by atoms with Crippen molar-refractivity contribution in [2.75, 3.05) is 0 Å². The summed E-state index contributed by atoms with van der Waals surface area (Å²) in [5.41, 5.74) is 6.10. The van der Waals surface area contributed by atoms with E-state index in [0.717, 1.165) is 25.7 Å². The van der Waals surface area contributed by atoms with Crippen LogP contribution in [0.4, 0.5) is 0 Å². The van der Waals surface area contributed by atoms with Gasteiger partial charge in [-0.15, -0.1) is 0 Å². The number of amides is 1. The Morgan fingerprint density at radius 3 is 2.70 bits per heavy atom. The van der Waals surface area contributed by atoms with Crippen LogP contribution in [0.5, 0.6) is 0 Å². The van der Waals surface area contributed by atoms with E-state index in [1.807, 2.05) is 0 Å². The second-order valence-corrected chi connectivity index (χ2v) is 5.53. The molecule has 1 aliphatic rings. The molecule has 0 radical (unpaired) electrons. The SMILES string of the molecule is Cn1cc(C(NC(=O)CC2(N)CCCC2)C(=O)O)cn1. The molecule has 2 rings (SSSR count). The molecule has 20 heavy (non-hydrogen) atoms. The van der Waals surface area contributed by atoms with Gasteiger partial charge in [0.1, 0.15) is 0 Å². The van der Waals surface area contributed by atoms with Gasteiger partial charge >= 0.3 is 5.97 Å². The van der Waals surface area contributed by atoms with Crippen LogP contribution in [-0.2, 0) is 16.6 Å². The standard InChI is InChI=1S/C13H20N4O3/c1-17-8-9(7-15-17)11(12(19)20)16-10(18)6-13(14)4-2-3-5-13/h7-8,11H,2-6,14H2,1H3,(H,16,18)(H,19,20).